The molecule has 2 rings (SSSR count). The molecule has 1 aromatic heterocycles. The fourth-order valence-corrected chi connectivity index (χ4v) is 2.11. The molecule has 0 saturated carbocycles. The summed E-state index contributed by atoms with van der Waals surface area (Å²) in [7, 11) is 1.70. The summed E-state index contributed by atoms with van der Waals surface area (Å²) in [6.45, 7) is 6.97. The molecule has 1 aromatic rings. The number of nitrogens with one attached hydrogen (secondary N) is 1. The van der Waals surface area contributed by atoms with Crippen molar-refractivity contribution in [2.75, 3.05) is 19.0 Å². The first-order chi connectivity index (χ1) is 8.08. The van der Waals surface area contributed by atoms with Crippen molar-refractivity contribution in [1.82, 2.24) is 9.97 Å². The van der Waals surface area contributed by atoms with Crippen LogP contribution >= 0.6 is 0 Å². The van der Waals surface area contributed by atoms with Crippen molar-refractivity contribution in [2.45, 2.75) is 45.6 Å². The van der Waals surface area contributed by atoms with E-state index in [2.05, 4.69) is 22.2 Å². The highest BCUT2D eigenvalue weighted by atomic mass is 16.5. The van der Waals surface area contributed by atoms with Crippen LogP contribution in [0, 0.1) is 0 Å². The normalized spacial score (nSPS) is 14.8. The minimum absolute atomic E-state index is 0.429. The lowest BCUT2D eigenvalue weighted by atomic mass is 10.1. The highest BCUT2D eigenvalue weighted by Gasteiger charge is 2.27. The molecule has 1 aliphatic rings. The standard InChI is InChI=1S/C13H21N3O/c1-5-14-11-9-7-6-8-10(9)15-12(16-11)13(2,3)17-4/h5-8H2,1-4H3,(H,14,15,16). The minimum Gasteiger partial charge on any atom is -0.371 e. The van der Waals surface area contributed by atoms with Crippen LogP contribution in [0.1, 0.15) is 44.3 Å². The Bertz CT molecular complexity index is 415. The molecule has 1 heterocycles. The van der Waals surface area contributed by atoms with Gasteiger partial charge in [-0.15, -0.1) is 0 Å². The van der Waals surface area contributed by atoms with Gasteiger partial charge in [-0.1, -0.05) is 0 Å². The van der Waals surface area contributed by atoms with Crippen LogP contribution in [0.4, 0.5) is 5.82 Å². The molecule has 4 heteroatoms. The van der Waals surface area contributed by atoms with Gasteiger partial charge in [0.15, 0.2) is 5.82 Å². The second kappa shape index (κ2) is 4.61. The lowest BCUT2D eigenvalue weighted by molar-refractivity contribution is 0.0114. The second-order valence-electron chi connectivity index (χ2n) is 4.92. The van der Waals surface area contributed by atoms with Crippen LogP contribution in [0.5, 0.6) is 0 Å². The smallest absolute Gasteiger partial charge is 0.162 e. The molecule has 0 atom stereocenters. The Hall–Kier alpha value is -1.16. The molecule has 0 bridgehead atoms. The summed E-state index contributed by atoms with van der Waals surface area (Å²) in [5, 5.41) is 3.34. The SMILES string of the molecule is CCNc1nc(C(C)(C)OC)nc2c1CCC2. The number of methoxy groups -OCH3 is 1. The van der Waals surface area contributed by atoms with Gasteiger partial charge in [0.25, 0.3) is 0 Å². The number of fused-ring (bicyclic) bond motifs is 1. The zero-order valence-corrected chi connectivity index (χ0v) is 11.1. The molecular formula is C13H21N3O. The average molecular weight is 235 g/mol. The highest BCUT2D eigenvalue weighted by molar-refractivity contribution is 5.49. The Morgan fingerprint density at radius 3 is 2.71 bits per heavy atom. The highest BCUT2D eigenvalue weighted by Crippen LogP contribution is 2.30. The Morgan fingerprint density at radius 1 is 1.29 bits per heavy atom. The van der Waals surface area contributed by atoms with Crippen molar-refractivity contribution < 1.29 is 4.74 Å². The van der Waals surface area contributed by atoms with Crippen LogP contribution in [0.25, 0.3) is 0 Å². The van der Waals surface area contributed by atoms with Gasteiger partial charge < -0.3 is 10.1 Å². The van der Waals surface area contributed by atoms with Crippen LogP contribution in [0.2, 0.25) is 0 Å². The van der Waals surface area contributed by atoms with E-state index in [-0.39, 0.29) is 0 Å². The molecule has 0 fully saturated rings. The predicted molar refractivity (Wildman–Crippen MR) is 68.3 cm³/mol. The van der Waals surface area contributed by atoms with E-state index in [1.54, 1.807) is 7.11 Å². The number of aryl methyl sites for hydroxylation is 1. The van der Waals surface area contributed by atoms with Crippen molar-refractivity contribution in [3.05, 3.63) is 17.1 Å². The molecule has 0 radical (unpaired) electrons. The second-order valence-corrected chi connectivity index (χ2v) is 4.92. The molecule has 0 spiro atoms. The van der Waals surface area contributed by atoms with Crippen LogP contribution in [-0.2, 0) is 23.2 Å². The molecule has 1 aliphatic carbocycles. The van der Waals surface area contributed by atoms with E-state index in [0.717, 1.165) is 31.0 Å². The minimum atomic E-state index is -0.429. The van der Waals surface area contributed by atoms with Crippen molar-refractivity contribution >= 4 is 5.82 Å². The van der Waals surface area contributed by atoms with Gasteiger partial charge in [-0.2, -0.15) is 0 Å². The summed E-state index contributed by atoms with van der Waals surface area (Å²) in [6, 6.07) is 0. The van der Waals surface area contributed by atoms with Gasteiger partial charge in [0.05, 0.1) is 0 Å². The van der Waals surface area contributed by atoms with Crippen LogP contribution < -0.4 is 5.32 Å². The van der Waals surface area contributed by atoms with Crippen molar-refractivity contribution in [1.29, 1.82) is 0 Å². The maximum Gasteiger partial charge on any atom is 0.162 e. The zero-order valence-electron chi connectivity index (χ0n) is 11.1. The van der Waals surface area contributed by atoms with E-state index < -0.39 is 5.60 Å². The first-order valence-electron chi connectivity index (χ1n) is 6.27. The lowest BCUT2D eigenvalue weighted by Gasteiger charge is -2.23. The maximum atomic E-state index is 5.46. The van der Waals surface area contributed by atoms with Crippen LogP contribution in [0.3, 0.4) is 0 Å². The predicted octanol–water partition coefficient (Wildman–Crippen LogP) is 2.28. The molecule has 0 unspecified atom stereocenters. The zero-order chi connectivity index (χ0) is 12.5. The van der Waals surface area contributed by atoms with Gasteiger partial charge in [-0.05, 0) is 40.0 Å². The molecular weight excluding hydrogens is 214 g/mol. The third kappa shape index (κ3) is 2.27. The van der Waals surface area contributed by atoms with Crippen molar-refractivity contribution in [2.24, 2.45) is 0 Å². The molecule has 4 nitrogen and oxygen atoms in total. The number of nitrogens with zero attached hydrogens (tertiary/aromatic N) is 2. The van der Waals surface area contributed by atoms with Crippen LogP contribution in [-0.4, -0.2) is 23.6 Å². The van der Waals surface area contributed by atoms with Gasteiger partial charge in [0.2, 0.25) is 0 Å². The fraction of sp³-hybridized carbons (Fsp3) is 0.692. The van der Waals surface area contributed by atoms with E-state index in [0.29, 0.717) is 0 Å². The number of aromatic nitrogens is 2. The van der Waals surface area contributed by atoms with Crippen molar-refractivity contribution in [3.63, 3.8) is 0 Å². The quantitative estimate of drug-likeness (QED) is 0.869. The van der Waals surface area contributed by atoms with Gasteiger partial charge >= 0.3 is 0 Å². The maximum absolute atomic E-state index is 5.46. The molecule has 94 valence electrons. The largest absolute Gasteiger partial charge is 0.371 e. The van der Waals surface area contributed by atoms with E-state index >= 15 is 0 Å². The van der Waals surface area contributed by atoms with Gasteiger partial charge in [-0.25, -0.2) is 9.97 Å². The third-order valence-electron chi connectivity index (χ3n) is 3.33. The fourth-order valence-electron chi connectivity index (χ4n) is 2.11. The monoisotopic (exact) mass is 235 g/mol. The van der Waals surface area contributed by atoms with E-state index in [9.17, 15) is 0 Å². The van der Waals surface area contributed by atoms with Gasteiger partial charge in [-0.3, -0.25) is 0 Å². The molecule has 17 heavy (non-hydrogen) atoms. The molecule has 0 aliphatic heterocycles. The molecule has 0 amide bonds. The Balaban J connectivity index is 2.46. The van der Waals surface area contributed by atoms with E-state index in [4.69, 9.17) is 4.74 Å². The Morgan fingerprint density at radius 2 is 2.06 bits per heavy atom. The van der Waals surface area contributed by atoms with Crippen molar-refractivity contribution in [3.8, 4) is 0 Å². The molecule has 0 saturated heterocycles. The molecule has 0 aromatic carbocycles. The van der Waals surface area contributed by atoms with E-state index in [1.165, 1.54) is 17.7 Å². The number of rotatable bonds is 4. The summed E-state index contributed by atoms with van der Waals surface area (Å²) >= 11 is 0. The first-order valence-corrected chi connectivity index (χ1v) is 6.27. The third-order valence-corrected chi connectivity index (χ3v) is 3.33. The van der Waals surface area contributed by atoms with Gasteiger partial charge in [0, 0.05) is 24.9 Å². The first kappa shape index (κ1) is 12.3. The summed E-state index contributed by atoms with van der Waals surface area (Å²) in [6.07, 6.45) is 3.33. The number of hydrogen-bond donors (Lipinski definition) is 1. The molecule has 1 N–H and O–H groups in total. The summed E-state index contributed by atoms with van der Waals surface area (Å²) < 4.78 is 5.46. The van der Waals surface area contributed by atoms with E-state index in [1.807, 2.05) is 13.8 Å². The average Bonchev–Trinajstić information content (AvgIpc) is 2.77. The number of ether oxygens (including phenoxy) is 1. The van der Waals surface area contributed by atoms with Crippen LogP contribution in [0.15, 0.2) is 0 Å². The summed E-state index contributed by atoms with van der Waals surface area (Å²) in [4.78, 5) is 9.29. The topological polar surface area (TPSA) is 47.0 Å². The lowest BCUT2D eigenvalue weighted by Crippen LogP contribution is -2.24. The Labute approximate surface area is 103 Å². The van der Waals surface area contributed by atoms with Gasteiger partial charge in [0.1, 0.15) is 11.4 Å². The summed E-state index contributed by atoms with van der Waals surface area (Å²) in [5.74, 6) is 1.77. The number of anilines is 1. The Kier molecular flexibility index (Phi) is 3.33. The number of hydrogen-bond acceptors (Lipinski definition) is 4. The summed E-state index contributed by atoms with van der Waals surface area (Å²) in [5.41, 5.74) is 2.06.